The van der Waals surface area contributed by atoms with Gasteiger partial charge in [-0.15, -0.1) is 0 Å². The molecule has 6 bridgehead atoms. The van der Waals surface area contributed by atoms with Crippen LogP contribution in [0.15, 0.2) is 24.3 Å². The molecular formula is C33H43F3N6. The van der Waals surface area contributed by atoms with E-state index in [9.17, 15) is 5.26 Å². The average Bonchev–Trinajstić information content (AvgIpc) is 3.75. The van der Waals surface area contributed by atoms with Crippen molar-refractivity contribution in [2.45, 2.75) is 89.1 Å². The molecule has 1 aromatic heterocycles. The van der Waals surface area contributed by atoms with Gasteiger partial charge in [0.25, 0.3) is 5.92 Å². The Labute approximate surface area is 246 Å². The summed E-state index contributed by atoms with van der Waals surface area (Å²) >= 11 is 0. The molecule has 4 N–H and O–H groups in total. The topological polar surface area (TPSA) is 93.9 Å². The summed E-state index contributed by atoms with van der Waals surface area (Å²) < 4.78 is 49.3. The van der Waals surface area contributed by atoms with Gasteiger partial charge in [-0.05, 0) is 76.1 Å². The first kappa shape index (κ1) is 30.2. The molecule has 2 aromatic rings. The highest BCUT2D eigenvalue weighted by Gasteiger charge is 2.46. The van der Waals surface area contributed by atoms with Gasteiger partial charge >= 0.3 is 0 Å². The SMILES string of the molecule is C=c1c(C2(C#N)CC2)c/c2c(=N)n1CCCCCC(C)CN1CCC(CC1)C(F)(F)c1cccc(c1F)[C@@H](C)N/C=2N. The lowest BCUT2D eigenvalue weighted by atomic mass is 9.85. The van der Waals surface area contributed by atoms with Crippen molar-refractivity contribution < 1.29 is 13.2 Å². The van der Waals surface area contributed by atoms with E-state index in [0.717, 1.165) is 37.8 Å². The second-order valence-electron chi connectivity index (χ2n) is 12.8. The lowest BCUT2D eigenvalue weighted by molar-refractivity contribution is -0.0886. The number of fused-ring (bicyclic) bond motifs is 10. The molecule has 1 saturated heterocycles. The fraction of sp³-hybridized carbons (Fsp3) is 0.576. The van der Waals surface area contributed by atoms with Gasteiger partial charge in [0, 0.05) is 29.9 Å². The van der Waals surface area contributed by atoms with E-state index in [1.807, 2.05) is 4.57 Å². The van der Waals surface area contributed by atoms with Crippen LogP contribution in [0.1, 0.15) is 87.9 Å². The van der Waals surface area contributed by atoms with E-state index in [1.54, 1.807) is 13.0 Å². The van der Waals surface area contributed by atoms with Crippen molar-refractivity contribution in [3.05, 3.63) is 62.8 Å². The monoisotopic (exact) mass is 580 g/mol. The van der Waals surface area contributed by atoms with Crippen LogP contribution >= 0.6 is 0 Å². The minimum Gasteiger partial charge on any atom is -0.385 e. The van der Waals surface area contributed by atoms with Crippen LogP contribution in [0.5, 0.6) is 0 Å². The van der Waals surface area contributed by atoms with Gasteiger partial charge in [0.1, 0.15) is 17.1 Å². The molecule has 42 heavy (non-hydrogen) atoms. The molecule has 226 valence electrons. The first-order valence-corrected chi connectivity index (χ1v) is 15.3. The first-order chi connectivity index (χ1) is 20.0. The summed E-state index contributed by atoms with van der Waals surface area (Å²) in [4.78, 5) is 2.27. The second kappa shape index (κ2) is 11.8. The zero-order chi connectivity index (χ0) is 30.2. The quantitative estimate of drug-likeness (QED) is 0.464. The van der Waals surface area contributed by atoms with Crippen molar-refractivity contribution in [3.63, 3.8) is 0 Å². The van der Waals surface area contributed by atoms with Crippen LogP contribution in [-0.2, 0) is 17.9 Å². The van der Waals surface area contributed by atoms with Crippen molar-refractivity contribution in [3.8, 4) is 6.07 Å². The number of nitrogens with zero attached hydrogens (tertiary/aromatic N) is 3. The number of benzene rings is 1. The molecular weight excluding hydrogens is 537 g/mol. The number of aromatic nitrogens is 1. The highest BCUT2D eigenvalue weighted by molar-refractivity contribution is 5.45. The molecule has 0 spiro atoms. The van der Waals surface area contributed by atoms with Gasteiger partial charge in [-0.3, -0.25) is 5.41 Å². The number of rotatable bonds is 1. The molecule has 1 saturated carbocycles. The third-order valence-corrected chi connectivity index (χ3v) is 9.70. The number of pyridine rings is 1. The summed E-state index contributed by atoms with van der Waals surface area (Å²) in [5.74, 6) is -4.55. The zero-order valence-corrected chi connectivity index (χ0v) is 24.8. The molecule has 4 heterocycles. The summed E-state index contributed by atoms with van der Waals surface area (Å²) in [7, 11) is 0. The molecule has 2 atom stereocenters. The normalized spacial score (nSPS) is 29.0. The fourth-order valence-corrected chi connectivity index (χ4v) is 6.85. The van der Waals surface area contributed by atoms with Crippen molar-refractivity contribution in [1.29, 1.82) is 10.7 Å². The van der Waals surface area contributed by atoms with Gasteiger partial charge in [0.2, 0.25) is 0 Å². The number of nitriles is 1. The van der Waals surface area contributed by atoms with E-state index < -0.39 is 34.7 Å². The molecule has 6 rings (SSSR count). The predicted octanol–water partition coefficient (Wildman–Crippen LogP) is 4.46. The maximum atomic E-state index is 15.8. The predicted molar refractivity (Wildman–Crippen MR) is 158 cm³/mol. The van der Waals surface area contributed by atoms with Crippen molar-refractivity contribution in [2.75, 3.05) is 19.6 Å². The largest absolute Gasteiger partial charge is 0.385 e. The number of alkyl halides is 2. The molecule has 0 amide bonds. The summed E-state index contributed by atoms with van der Waals surface area (Å²) in [5.41, 5.74) is 6.33. The molecule has 2 fully saturated rings. The van der Waals surface area contributed by atoms with Crippen LogP contribution in [0, 0.1) is 34.4 Å². The third kappa shape index (κ3) is 5.70. The van der Waals surface area contributed by atoms with E-state index in [4.69, 9.17) is 11.1 Å². The second-order valence-corrected chi connectivity index (χ2v) is 12.8. The maximum absolute atomic E-state index is 15.8. The van der Waals surface area contributed by atoms with E-state index in [-0.39, 0.29) is 16.9 Å². The van der Waals surface area contributed by atoms with Gasteiger partial charge in [0.05, 0.1) is 28.3 Å². The lowest BCUT2D eigenvalue weighted by Crippen LogP contribution is -2.49. The van der Waals surface area contributed by atoms with Gasteiger partial charge in [-0.2, -0.15) is 5.26 Å². The number of piperidine rings is 1. The van der Waals surface area contributed by atoms with Gasteiger partial charge < -0.3 is 20.5 Å². The molecule has 0 radical (unpaired) electrons. The van der Waals surface area contributed by atoms with Crippen LogP contribution in [0.4, 0.5) is 13.2 Å². The summed E-state index contributed by atoms with van der Waals surface area (Å²) in [5, 5.41) is 23.1. The van der Waals surface area contributed by atoms with E-state index >= 15 is 13.2 Å². The van der Waals surface area contributed by atoms with Crippen LogP contribution in [-0.4, -0.2) is 29.1 Å². The van der Waals surface area contributed by atoms with E-state index in [1.165, 1.54) is 18.2 Å². The highest BCUT2D eigenvalue weighted by atomic mass is 19.3. The Hall–Kier alpha value is -3.25. The highest BCUT2D eigenvalue weighted by Crippen LogP contribution is 2.46. The smallest absolute Gasteiger partial charge is 0.278 e. The molecule has 1 aromatic carbocycles. The van der Waals surface area contributed by atoms with Crippen LogP contribution in [0.25, 0.3) is 12.4 Å². The van der Waals surface area contributed by atoms with E-state index in [0.29, 0.717) is 61.8 Å². The average molecular weight is 581 g/mol. The number of halogens is 3. The van der Waals surface area contributed by atoms with Gasteiger partial charge in [-0.1, -0.05) is 44.5 Å². The molecule has 4 aliphatic rings. The standard InChI is InChI=1S/C33H43F3N6/c1-21-8-5-4-6-15-42-23(3)28(32(20-37)13-14-32)18-26(31(42)39)30(38)40-22(2)25-9-7-10-27(29(25)34)33(35,36)24-11-16-41(19-21)17-12-24/h7,9-10,18,21-22,24,39-40H,3-6,8,11-17,19,38H2,1-2H3/b30-26+,39-31?/t21?,22-/m1/s1. The van der Waals surface area contributed by atoms with Gasteiger partial charge in [-0.25, -0.2) is 13.2 Å². The Kier molecular flexibility index (Phi) is 8.48. The number of nitrogens with two attached hydrogens (primary N) is 1. The summed E-state index contributed by atoms with van der Waals surface area (Å²) in [6.45, 7) is 10.8. The number of hydrogen-bond acceptors (Lipinski definition) is 5. The Bertz CT molecular complexity index is 1530. The molecule has 1 aliphatic carbocycles. The minimum absolute atomic E-state index is 0.0939. The van der Waals surface area contributed by atoms with Crippen LogP contribution in [0.3, 0.4) is 0 Å². The Balaban J connectivity index is 1.58. The Morgan fingerprint density at radius 3 is 2.45 bits per heavy atom. The zero-order valence-electron chi connectivity index (χ0n) is 24.8. The van der Waals surface area contributed by atoms with Crippen molar-refractivity contribution >= 4 is 12.4 Å². The number of hydrogen-bond donors (Lipinski definition) is 3. The van der Waals surface area contributed by atoms with Crippen molar-refractivity contribution in [2.24, 2.45) is 17.6 Å². The summed E-state index contributed by atoms with van der Waals surface area (Å²) in [6.07, 6.45) is 6.01. The Morgan fingerprint density at radius 2 is 1.79 bits per heavy atom. The fourth-order valence-electron chi connectivity index (χ4n) is 6.85. The van der Waals surface area contributed by atoms with Crippen LogP contribution < -0.4 is 27.1 Å². The molecule has 3 aliphatic heterocycles. The molecule has 9 heteroatoms. The maximum Gasteiger partial charge on any atom is 0.278 e. The first-order valence-electron chi connectivity index (χ1n) is 15.3. The minimum atomic E-state index is -3.29. The van der Waals surface area contributed by atoms with Gasteiger partial charge in [0.15, 0.2) is 0 Å². The molecule has 6 nitrogen and oxygen atoms in total. The van der Waals surface area contributed by atoms with E-state index in [2.05, 4.69) is 29.8 Å². The summed E-state index contributed by atoms with van der Waals surface area (Å²) in [6, 6.07) is 7.63. The van der Waals surface area contributed by atoms with Crippen LogP contribution in [0.2, 0.25) is 0 Å². The molecule has 1 unspecified atom stereocenters. The lowest BCUT2D eigenvalue weighted by Gasteiger charge is -2.37. The number of nitrogens with one attached hydrogen (secondary N) is 2. The third-order valence-electron chi connectivity index (χ3n) is 9.70. The Morgan fingerprint density at radius 1 is 1.07 bits per heavy atom. The van der Waals surface area contributed by atoms with Crippen molar-refractivity contribution in [1.82, 2.24) is 14.8 Å².